The molecule has 2 N–H and O–H groups in total. The Morgan fingerprint density at radius 1 is 0.917 bits per heavy atom. The molecule has 0 amide bonds. The van der Waals surface area contributed by atoms with E-state index in [0.29, 0.717) is 5.02 Å². The highest BCUT2D eigenvalue weighted by atomic mass is 79.9. The van der Waals surface area contributed by atoms with Crippen LogP contribution >= 0.6 is 27.5 Å². The predicted molar refractivity (Wildman–Crippen MR) is 149 cm³/mol. The topological polar surface area (TPSA) is 80.5 Å². The van der Waals surface area contributed by atoms with Crippen molar-refractivity contribution in [3.8, 4) is 0 Å². The predicted octanol–water partition coefficient (Wildman–Crippen LogP) is 7.34. The fourth-order valence-corrected chi connectivity index (χ4v) is 4.44. The first-order chi connectivity index (χ1) is 17.3. The van der Waals surface area contributed by atoms with E-state index >= 15 is 0 Å². The second kappa shape index (κ2) is 9.87. The third-order valence-electron chi connectivity index (χ3n) is 5.77. The number of hydrogen-bond donors (Lipinski definition) is 2. The third-order valence-corrected chi connectivity index (χ3v) is 6.53. The van der Waals surface area contributed by atoms with E-state index in [1.165, 1.54) is 0 Å². The lowest BCUT2D eigenvalue weighted by Crippen LogP contribution is -2.29. The molecule has 5 rings (SSSR count). The number of pyridine rings is 1. The van der Waals surface area contributed by atoms with Crippen LogP contribution in [0, 0.1) is 0 Å². The van der Waals surface area contributed by atoms with Crippen LogP contribution in [0.25, 0.3) is 10.9 Å². The lowest BCUT2D eigenvalue weighted by atomic mass is 10.0. The SMILES string of the molecule is CC(C)(C)n1nnnc1C(Nc1ccc(Nc2ccnc3cc(Cl)ccc23)cc1)c1ccc(Br)cc1. The van der Waals surface area contributed by atoms with Gasteiger partial charge in [0.15, 0.2) is 5.82 Å². The van der Waals surface area contributed by atoms with E-state index in [1.54, 1.807) is 6.20 Å². The van der Waals surface area contributed by atoms with Crippen molar-refractivity contribution in [1.29, 1.82) is 0 Å². The van der Waals surface area contributed by atoms with Crippen LogP contribution in [0.15, 0.2) is 83.5 Å². The Bertz CT molecular complexity index is 1490. The average Bonchev–Trinajstić information content (AvgIpc) is 3.35. The Hall–Kier alpha value is -3.49. The minimum Gasteiger partial charge on any atom is -0.371 e. The molecule has 9 heteroatoms. The van der Waals surface area contributed by atoms with Crippen LogP contribution in [0.1, 0.15) is 38.2 Å². The smallest absolute Gasteiger partial charge is 0.178 e. The van der Waals surface area contributed by atoms with Crippen LogP contribution in [-0.4, -0.2) is 25.2 Å². The molecule has 0 spiro atoms. The number of aromatic nitrogens is 5. The molecule has 182 valence electrons. The molecule has 0 aliphatic rings. The van der Waals surface area contributed by atoms with E-state index in [4.69, 9.17) is 11.6 Å². The first-order valence-corrected chi connectivity index (χ1v) is 12.7. The molecule has 0 fully saturated rings. The van der Waals surface area contributed by atoms with Gasteiger partial charge in [-0.2, -0.15) is 0 Å². The standard InChI is InChI=1S/C27H25BrClN7/c1-27(2,3)36-26(33-34-35-36)25(17-4-6-18(28)7-5-17)32-21-11-9-20(10-12-21)31-23-14-15-30-24-16-19(29)8-13-22(23)24/h4-16,25,32H,1-3H3,(H,30,31). The molecular formula is C27H25BrClN7. The number of tetrazole rings is 1. The summed E-state index contributed by atoms with van der Waals surface area (Å²) >= 11 is 9.66. The summed E-state index contributed by atoms with van der Waals surface area (Å²) in [7, 11) is 0. The fraction of sp³-hybridized carbons (Fsp3) is 0.185. The maximum atomic E-state index is 6.13. The Kier molecular flexibility index (Phi) is 6.64. The molecule has 2 heterocycles. The van der Waals surface area contributed by atoms with E-state index in [1.807, 2.05) is 65.3 Å². The molecule has 5 aromatic rings. The highest BCUT2D eigenvalue weighted by Gasteiger charge is 2.27. The summed E-state index contributed by atoms with van der Waals surface area (Å²) in [5.74, 6) is 0.744. The van der Waals surface area contributed by atoms with E-state index < -0.39 is 0 Å². The molecule has 36 heavy (non-hydrogen) atoms. The van der Waals surface area contributed by atoms with Gasteiger partial charge in [0.05, 0.1) is 11.1 Å². The zero-order chi connectivity index (χ0) is 25.3. The fourth-order valence-electron chi connectivity index (χ4n) is 4.01. The Morgan fingerprint density at radius 2 is 1.64 bits per heavy atom. The first-order valence-electron chi connectivity index (χ1n) is 11.5. The molecule has 1 atom stereocenters. The molecule has 0 radical (unpaired) electrons. The van der Waals surface area contributed by atoms with Gasteiger partial charge in [-0.1, -0.05) is 39.7 Å². The van der Waals surface area contributed by atoms with Gasteiger partial charge in [0.25, 0.3) is 0 Å². The van der Waals surface area contributed by atoms with Crippen molar-refractivity contribution in [2.24, 2.45) is 0 Å². The zero-order valence-corrected chi connectivity index (χ0v) is 22.4. The minimum atomic E-state index is -0.264. The second-order valence-corrected chi connectivity index (χ2v) is 10.8. The molecule has 0 aliphatic heterocycles. The summed E-state index contributed by atoms with van der Waals surface area (Å²) in [5, 5.41) is 21.4. The quantitative estimate of drug-likeness (QED) is 0.225. The van der Waals surface area contributed by atoms with Crippen molar-refractivity contribution in [3.05, 3.63) is 99.9 Å². The molecule has 0 bridgehead atoms. The molecule has 7 nitrogen and oxygen atoms in total. The number of rotatable bonds is 6. The lowest BCUT2D eigenvalue weighted by molar-refractivity contribution is 0.333. The van der Waals surface area contributed by atoms with Gasteiger partial charge < -0.3 is 10.6 Å². The monoisotopic (exact) mass is 561 g/mol. The molecule has 0 saturated carbocycles. The third kappa shape index (κ3) is 5.20. The average molecular weight is 563 g/mol. The van der Waals surface area contributed by atoms with Gasteiger partial charge in [-0.15, -0.1) is 5.10 Å². The van der Waals surface area contributed by atoms with Crippen LogP contribution < -0.4 is 10.6 Å². The van der Waals surface area contributed by atoms with E-state index in [9.17, 15) is 0 Å². The van der Waals surface area contributed by atoms with E-state index in [-0.39, 0.29) is 11.6 Å². The highest BCUT2D eigenvalue weighted by Crippen LogP contribution is 2.31. The van der Waals surface area contributed by atoms with Gasteiger partial charge in [0.2, 0.25) is 0 Å². The largest absolute Gasteiger partial charge is 0.371 e. The van der Waals surface area contributed by atoms with Crippen LogP contribution in [0.3, 0.4) is 0 Å². The number of nitrogens with zero attached hydrogens (tertiary/aromatic N) is 5. The number of nitrogens with one attached hydrogen (secondary N) is 2. The number of halogens is 2. The summed E-state index contributed by atoms with van der Waals surface area (Å²) in [6, 6.07) is 23.8. The van der Waals surface area contributed by atoms with Gasteiger partial charge in [0, 0.05) is 38.1 Å². The van der Waals surface area contributed by atoms with Crippen LogP contribution in [0.2, 0.25) is 5.02 Å². The molecular weight excluding hydrogens is 538 g/mol. The van der Waals surface area contributed by atoms with E-state index in [2.05, 4.69) is 80.0 Å². The maximum absolute atomic E-state index is 6.13. The first kappa shape index (κ1) is 24.2. The van der Waals surface area contributed by atoms with Gasteiger partial charge in [-0.25, -0.2) is 4.68 Å². The lowest BCUT2D eigenvalue weighted by Gasteiger charge is -2.25. The van der Waals surface area contributed by atoms with Crippen molar-refractivity contribution < 1.29 is 0 Å². The molecule has 0 aliphatic carbocycles. The number of benzene rings is 3. The summed E-state index contributed by atoms with van der Waals surface area (Å²) in [4.78, 5) is 4.42. The summed E-state index contributed by atoms with van der Waals surface area (Å²) in [6.45, 7) is 6.26. The summed E-state index contributed by atoms with van der Waals surface area (Å²) < 4.78 is 2.88. The molecule has 3 aromatic carbocycles. The van der Waals surface area contributed by atoms with Crippen molar-refractivity contribution >= 4 is 55.5 Å². The van der Waals surface area contributed by atoms with Crippen molar-refractivity contribution in [2.75, 3.05) is 10.6 Å². The van der Waals surface area contributed by atoms with Crippen LogP contribution in [0.5, 0.6) is 0 Å². The van der Waals surface area contributed by atoms with Gasteiger partial charge in [-0.05, 0) is 97.4 Å². The summed E-state index contributed by atoms with van der Waals surface area (Å²) in [6.07, 6.45) is 1.78. The van der Waals surface area contributed by atoms with Crippen molar-refractivity contribution in [2.45, 2.75) is 32.4 Å². The Labute approximate surface area is 223 Å². The summed E-state index contributed by atoms with van der Waals surface area (Å²) in [5.41, 5.74) is 4.52. The maximum Gasteiger partial charge on any atom is 0.178 e. The normalized spacial score (nSPS) is 12.5. The molecule has 1 unspecified atom stereocenters. The minimum absolute atomic E-state index is 0.236. The van der Waals surface area contributed by atoms with Crippen LogP contribution in [-0.2, 0) is 5.54 Å². The van der Waals surface area contributed by atoms with Crippen molar-refractivity contribution in [3.63, 3.8) is 0 Å². The van der Waals surface area contributed by atoms with E-state index in [0.717, 1.165) is 43.8 Å². The highest BCUT2D eigenvalue weighted by molar-refractivity contribution is 9.10. The number of hydrogen-bond acceptors (Lipinski definition) is 6. The van der Waals surface area contributed by atoms with Gasteiger partial charge in [-0.3, -0.25) is 4.98 Å². The molecule has 2 aromatic heterocycles. The number of fused-ring (bicyclic) bond motifs is 1. The van der Waals surface area contributed by atoms with Gasteiger partial charge in [0.1, 0.15) is 6.04 Å². The Balaban J connectivity index is 1.43. The second-order valence-electron chi connectivity index (χ2n) is 9.47. The Morgan fingerprint density at radius 3 is 2.36 bits per heavy atom. The number of anilines is 3. The van der Waals surface area contributed by atoms with Gasteiger partial charge >= 0.3 is 0 Å². The zero-order valence-electron chi connectivity index (χ0n) is 20.1. The molecule has 0 saturated heterocycles. The van der Waals surface area contributed by atoms with Crippen molar-refractivity contribution in [1.82, 2.24) is 25.2 Å². The van der Waals surface area contributed by atoms with Crippen LogP contribution in [0.4, 0.5) is 17.1 Å².